The van der Waals surface area contributed by atoms with E-state index < -0.39 is 29.6 Å². The molecule has 1 fully saturated rings. The van der Waals surface area contributed by atoms with Crippen LogP contribution in [-0.2, 0) is 16.1 Å². The third kappa shape index (κ3) is 5.55. The van der Waals surface area contributed by atoms with Gasteiger partial charge in [0.25, 0.3) is 17.7 Å². The number of nitrogens with two attached hydrogens (primary N) is 2. The minimum Gasteiger partial charge on any atom is -0.464 e. The number of furan rings is 1. The summed E-state index contributed by atoms with van der Waals surface area (Å²) in [7, 11) is 0. The molecular weight excluding hydrogens is 489 g/mol. The number of anilines is 1. The van der Waals surface area contributed by atoms with Gasteiger partial charge in [0.15, 0.2) is 11.7 Å². The number of aromatic nitrogens is 1. The summed E-state index contributed by atoms with van der Waals surface area (Å²) in [5.41, 5.74) is 11.5. The van der Waals surface area contributed by atoms with Crippen molar-refractivity contribution in [3.63, 3.8) is 0 Å². The predicted molar refractivity (Wildman–Crippen MR) is 129 cm³/mol. The van der Waals surface area contributed by atoms with E-state index in [-0.39, 0.29) is 41.2 Å². The minimum absolute atomic E-state index is 0.0499. The van der Waals surface area contributed by atoms with Crippen LogP contribution in [0.25, 0.3) is 0 Å². The third-order valence-corrected chi connectivity index (χ3v) is 6.65. The van der Waals surface area contributed by atoms with Gasteiger partial charge in [-0.2, -0.15) is 4.37 Å². The monoisotopic (exact) mass is 515 g/mol. The number of carbonyl (C=O) groups excluding carboxylic acids is 3. The molecule has 1 saturated heterocycles. The van der Waals surface area contributed by atoms with E-state index >= 15 is 0 Å². The van der Waals surface area contributed by atoms with Crippen molar-refractivity contribution in [2.45, 2.75) is 38.5 Å². The first-order valence-electron chi connectivity index (χ1n) is 11.3. The molecule has 36 heavy (non-hydrogen) atoms. The smallest absolute Gasteiger partial charge is 0.270 e. The van der Waals surface area contributed by atoms with Crippen LogP contribution in [0.2, 0.25) is 0 Å². The lowest BCUT2D eigenvalue weighted by Gasteiger charge is -2.30. The summed E-state index contributed by atoms with van der Waals surface area (Å²) in [5.74, 6) is -1.69. The number of benzene rings is 1. The summed E-state index contributed by atoms with van der Waals surface area (Å²) in [4.78, 5) is 40.2. The van der Waals surface area contributed by atoms with Crippen molar-refractivity contribution in [2.24, 2.45) is 5.73 Å². The number of amides is 3. The van der Waals surface area contributed by atoms with Gasteiger partial charge in [-0.25, -0.2) is 4.39 Å². The molecule has 2 aromatic heterocycles. The van der Waals surface area contributed by atoms with Gasteiger partial charge in [-0.3, -0.25) is 14.4 Å². The van der Waals surface area contributed by atoms with E-state index in [1.165, 1.54) is 29.2 Å². The number of carbonyl (C=O) groups is 3. The first-order valence-corrected chi connectivity index (χ1v) is 12.1. The Hall–Kier alpha value is -3.77. The molecular formula is C24H26FN5O5S. The number of hydrogen-bond acceptors (Lipinski definition) is 8. The van der Waals surface area contributed by atoms with Crippen LogP contribution in [0, 0.1) is 12.7 Å². The molecule has 3 heterocycles. The maximum Gasteiger partial charge on any atom is 0.270 e. The highest BCUT2D eigenvalue weighted by atomic mass is 32.1. The maximum atomic E-state index is 13.8. The molecule has 0 spiro atoms. The fraction of sp³-hybridized carbons (Fsp3) is 0.333. The Bertz CT molecular complexity index is 1250. The Morgan fingerprint density at radius 3 is 2.58 bits per heavy atom. The highest BCUT2D eigenvalue weighted by molar-refractivity contribution is 7.09. The molecule has 0 saturated carbocycles. The third-order valence-electron chi connectivity index (χ3n) is 5.80. The van der Waals surface area contributed by atoms with E-state index in [0.717, 1.165) is 12.8 Å². The number of nitrogen functional groups attached to an aromatic ring is 1. The van der Waals surface area contributed by atoms with E-state index in [2.05, 4.69) is 9.69 Å². The van der Waals surface area contributed by atoms with E-state index in [1.54, 1.807) is 19.1 Å². The van der Waals surface area contributed by atoms with Crippen molar-refractivity contribution in [1.29, 1.82) is 0 Å². The van der Waals surface area contributed by atoms with Crippen LogP contribution in [0.15, 0.2) is 40.8 Å². The zero-order valence-corrected chi connectivity index (χ0v) is 20.3. The molecule has 190 valence electrons. The van der Waals surface area contributed by atoms with Gasteiger partial charge in [0, 0.05) is 19.7 Å². The number of nitrogens with one attached hydrogen (secondary N) is 1. The Kier molecular flexibility index (Phi) is 7.65. The molecule has 3 aromatic rings. The van der Waals surface area contributed by atoms with Gasteiger partial charge >= 0.3 is 0 Å². The second-order valence-electron chi connectivity index (χ2n) is 8.43. The summed E-state index contributed by atoms with van der Waals surface area (Å²) >= 11 is 0.708. The zero-order chi connectivity index (χ0) is 25.8. The maximum absolute atomic E-state index is 13.8. The van der Waals surface area contributed by atoms with Gasteiger partial charge in [0.05, 0.1) is 11.8 Å². The van der Waals surface area contributed by atoms with Crippen molar-refractivity contribution >= 4 is 34.9 Å². The lowest BCUT2D eigenvalue weighted by atomic mass is 10.1. The molecule has 10 nitrogen and oxygen atoms in total. The van der Waals surface area contributed by atoms with Gasteiger partial charge in [-0.15, -0.1) is 0 Å². The zero-order valence-electron chi connectivity index (χ0n) is 19.5. The SMILES string of the molecule is Cc1ccc(C(C(=O)NCC2CCCO2)N(Cc2ccc(F)cc2)C(=O)c2snc(C(N)=O)c2N)o1. The molecule has 5 N–H and O–H groups in total. The molecule has 12 heteroatoms. The summed E-state index contributed by atoms with van der Waals surface area (Å²) < 4.78 is 28.8. The lowest BCUT2D eigenvalue weighted by molar-refractivity contribution is -0.127. The van der Waals surface area contributed by atoms with E-state index in [4.69, 9.17) is 20.6 Å². The Balaban J connectivity index is 1.73. The average Bonchev–Trinajstić information content (AvgIpc) is 3.60. The van der Waals surface area contributed by atoms with Crippen molar-refractivity contribution in [2.75, 3.05) is 18.9 Å². The molecule has 4 rings (SSSR count). The first kappa shape index (κ1) is 25.3. The van der Waals surface area contributed by atoms with Crippen LogP contribution in [-0.4, -0.2) is 46.3 Å². The number of rotatable bonds is 9. The largest absolute Gasteiger partial charge is 0.464 e. The Morgan fingerprint density at radius 1 is 1.25 bits per heavy atom. The molecule has 1 aliphatic rings. The second-order valence-corrected chi connectivity index (χ2v) is 9.20. The van der Waals surface area contributed by atoms with Gasteiger partial charge in [-0.05, 0) is 61.1 Å². The Labute approximate surface area is 210 Å². The van der Waals surface area contributed by atoms with Gasteiger partial charge in [-0.1, -0.05) is 12.1 Å². The number of primary amides is 1. The van der Waals surface area contributed by atoms with Crippen LogP contribution in [0.3, 0.4) is 0 Å². The summed E-state index contributed by atoms with van der Waals surface area (Å²) in [6.45, 7) is 2.53. The number of ether oxygens (including phenoxy) is 1. The lowest BCUT2D eigenvalue weighted by Crippen LogP contribution is -2.45. The predicted octanol–water partition coefficient (Wildman–Crippen LogP) is 2.54. The molecule has 3 amide bonds. The van der Waals surface area contributed by atoms with Crippen LogP contribution in [0.1, 0.15) is 56.1 Å². The van der Waals surface area contributed by atoms with E-state index in [1.807, 2.05) is 0 Å². The second kappa shape index (κ2) is 10.9. The standard InChI is InChI=1S/C24H26FN5O5S/c1-13-4-9-17(35-13)20(23(32)28-11-16-3-2-10-34-16)30(12-14-5-7-15(25)8-6-14)24(33)21-18(26)19(22(27)31)29-36-21/h4-9,16,20H,2-3,10-12,26H2,1H3,(H2,27,31)(H,28,32). The van der Waals surface area contributed by atoms with Crippen molar-refractivity contribution in [1.82, 2.24) is 14.6 Å². The van der Waals surface area contributed by atoms with E-state index in [0.29, 0.717) is 29.5 Å². The highest BCUT2D eigenvalue weighted by Crippen LogP contribution is 2.31. The molecule has 1 aliphatic heterocycles. The number of hydrogen-bond donors (Lipinski definition) is 3. The number of halogens is 1. The van der Waals surface area contributed by atoms with E-state index in [9.17, 15) is 18.8 Å². The molecule has 0 aliphatic carbocycles. The normalized spacial score (nSPS) is 16.0. The van der Waals surface area contributed by atoms with Crippen molar-refractivity contribution in [3.8, 4) is 0 Å². The van der Waals surface area contributed by atoms with Gasteiger partial charge in [0.1, 0.15) is 22.2 Å². The highest BCUT2D eigenvalue weighted by Gasteiger charge is 2.37. The summed E-state index contributed by atoms with van der Waals surface area (Å²) in [6.07, 6.45) is 1.60. The van der Waals surface area contributed by atoms with Crippen LogP contribution in [0.5, 0.6) is 0 Å². The summed E-state index contributed by atoms with van der Waals surface area (Å²) in [6, 6.07) is 7.63. The van der Waals surface area contributed by atoms with Crippen LogP contribution < -0.4 is 16.8 Å². The first-order chi connectivity index (χ1) is 17.2. The topological polar surface area (TPSA) is 154 Å². The number of nitrogens with zero attached hydrogens (tertiary/aromatic N) is 2. The fourth-order valence-corrected chi connectivity index (χ4v) is 4.73. The quantitative estimate of drug-likeness (QED) is 0.396. The molecule has 2 atom stereocenters. The minimum atomic E-state index is -1.20. The summed E-state index contributed by atoms with van der Waals surface area (Å²) in [5, 5.41) is 2.86. The van der Waals surface area contributed by atoms with Crippen LogP contribution >= 0.6 is 11.5 Å². The molecule has 0 bridgehead atoms. The van der Waals surface area contributed by atoms with Crippen molar-refractivity contribution in [3.05, 3.63) is 69.9 Å². The van der Waals surface area contributed by atoms with Crippen LogP contribution in [0.4, 0.5) is 10.1 Å². The van der Waals surface area contributed by atoms with Gasteiger partial charge < -0.3 is 30.8 Å². The molecule has 0 radical (unpaired) electrons. The Morgan fingerprint density at radius 2 is 2.00 bits per heavy atom. The van der Waals surface area contributed by atoms with Gasteiger partial charge in [0.2, 0.25) is 0 Å². The van der Waals surface area contributed by atoms with Crippen molar-refractivity contribution < 1.29 is 27.9 Å². The molecule has 2 unspecified atom stereocenters. The molecule has 1 aromatic carbocycles. The average molecular weight is 516 g/mol. The fourth-order valence-electron chi connectivity index (χ4n) is 3.97. The number of aryl methyl sites for hydroxylation is 1.